The van der Waals surface area contributed by atoms with Gasteiger partial charge in [0.05, 0.1) is 13.7 Å². The summed E-state index contributed by atoms with van der Waals surface area (Å²) in [5, 5.41) is 0. The van der Waals surface area contributed by atoms with Crippen LogP contribution in [0, 0.1) is 19.8 Å². The molecule has 28 heavy (non-hydrogen) atoms. The van der Waals surface area contributed by atoms with Crippen LogP contribution in [0.25, 0.3) is 0 Å². The molecule has 2 atom stereocenters. The summed E-state index contributed by atoms with van der Waals surface area (Å²) in [6, 6.07) is 11.4. The third-order valence-electron chi connectivity index (χ3n) is 4.60. The first kappa shape index (κ1) is 19.7. The third-order valence-corrected chi connectivity index (χ3v) is 4.60. The average molecular weight is 384 g/mol. The van der Waals surface area contributed by atoms with Crippen LogP contribution in [0.1, 0.15) is 35.1 Å². The minimum absolute atomic E-state index is 0.0152. The number of fused-ring (bicyclic) bond motifs is 1. The summed E-state index contributed by atoms with van der Waals surface area (Å²) in [6.45, 7) is 6.48. The Kier molecular flexibility index (Phi) is 5.87. The van der Waals surface area contributed by atoms with Gasteiger partial charge in [-0.05, 0) is 37.1 Å². The molecule has 1 heterocycles. The van der Waals surface area contributed by atoms with E-state index < -0.39 is 12.1 Å². The van der Waals surface area contributed by atoms with Crippen LogP contribution in [0.5, 0.6) is 11.5 Å². The Morgan fingerprint density at radius 2 is 1.86 bits per heavy atom. The third kappa shape index (κ3) is 4.27. The van der Waals surface area contributed by atoms with Crippen LogP contribution >= 0.6 is 0 Å². The molecule has 2 aromatic rings. The summed E-state index contributed by atoms with van der Waals surface area (Å²) in [4.78, 5) is 23.4. The fraction of sp³-hybridized carbons (Fsp3) is 0.364. The van der Waals surface area contributed by atoms with Gasteiger partial charge in [0.25, 0.3) is 0 Å². The predicted octanol–water partition coefficient (Wildman–Crippen LogP) is 4.15. The maximum Gasteiger partial charge on any atom is 0.507 e. The van der Waals surface area contributed by atoms with Crippen molar-refractivity contribution >= 4 is 12.1 Å². The molecule has 0 amide bonds. The van der Waals surface area contributed by atoms with E-state index in [1.54, 1.807) is 0 Å². The van der Waals surface area contributed by atoms with E-state index in [9.17, 15) is 9.59 Å². The number of hydrogen-bond acceptors (Lipinski definition) is 6. The van der Waals surface area contributed by atoms with E-state index in [4.69, 9.17) is 14.2 Å². The number of carbonyl (C=O) groups excluding carboxylic acids is 2. The molecule has 0 aromatic heterocycles. The smallest absolute Gasteiger partial charge is 0.493 e. The van der Waals surface area contributed by atoms with Crippen LogP contribution in [-0.2, 0) is 14.3 Å². The molecule has 0 radical (unpaired) electrons. The molecule has 6 heteroatoms. The van der Waals surface area contributed by atoms with E-state index in [1.807, 2.05) is 57.2 Å². The summed E-state index contributed by atoms with van der Waals surface area (Å²) < 4.78 is 20.6. The molecule has 1 aliphatic heterocycles. The van der Waals surface area contributed by atoms with Crippen molar-refractivity contribution in [2.45, 2.75) is 26.7 Å². The number of ether oxygens (including phenoxy) is 4. The molecule has 6 nitrogen and oxygen atoms in total. The molecule has 148 valence electrons. The molecule has 1 aliphatic rings. The summed E-state index contributed by atoms with van der Waals surface area (Å²) in [5.41, 5.74) is 3.84. The summed E-state index contributed by atoms with van der Waals surface area (Å²) in [5.74, 6) is 0.684. The molecular weight excluding hydrogens is 360 g/mol. The van der Waals surface area contributed by atoms with Gasteiger partial charge in [-0.3, -0.25) is 4.79 Å². The zero-order valence-corrected chi connectivity index (χ0v) is 16.5. The highest BCUT2D eigenvalue weighted by atomic mass is 16.7. The van der Waals surface area contributed by atoms with Gasteiger partial charge in [0.2, 0.25) is 0 Å². The lowest BCUT2D eigenvalue weighted by Gasteiger charge is -2.14. The highest BCUT2D eigenvalue weighted by molar-refractivity contribution is 5.90. The van der Waals surface area contributed by atoms with E-state index in [-0.39, 0.29) is 18.5 Å². The van der Waals surface area contributed by atoms with Crippen LogP contribution in [0.3, 0.4) is 0 Å². The number of methoxy groups -OCH3 is 1. The summed E-state index contributed by atoms with van der Waals surface area (Å²) >= 11 is 0. The molecule has 0 spiro atoms. The lowest BCUT2D eigenvalue weighted by atomic mass is 9.90. The zero-order valence-electron chi connectivity index (χ0n) is 16.5. The van der Waals surface area contributed by atoms with Crippen molar-refractivity contribution in [1.82, 2.24) is 0 Å². The Hall–Kier alpha value is -3.02. The Bertz CT molecular complexity index is 871. The van der Waals surface area contributed by atoms with E-state index in [2.05, 4.69) is 4.74 Å². The second kappa shape index (κ2) is 8.33. The quantitative estimate of drug-likeness (QED) is 0.550. The number of rotatable bonds is 6. The maximum absolute atomic E-state index is 12.4. The minimum atomic E-state index is -0.703. The molecule has 0 N–H and O–H groups in total. The first-order valence-electron chi connectivity index (χ1n) is 9.15. The largest absolute Gasteiger partial charge is 0.507 e. The average Bonchev–Trinajstić information content (AvgIpc) is 3.01. The van der Waals surface area contributed by atoms with Gasteiger partial charge in [0, 0.05) is 11.5 Å². The minimum Gasteiger partial charge on any atom is -0.493 e. The lowest BCUT2D eigenvalue weighted by molar-refractivity contribution is -0.133. The standard InChI is InChI=1S/C22H24O6/c1-13-9-15(3)20-18(10-13)19(21(23)28-20)16-5-7-17(8-6-16)26-11-14(2)12-27-22(24)25-4/h5-10,14,19H,11-12H2,1-4H3. The van der Waals surface area contributed by atoms with Crippen molar-refractivity contribution in [2.24, 2.45) is 5.92 Å². The van der Waals surface area contributed by atoms with Gasteiger partial charge in [-0.15, -0.1) is 0 Å². The fourth-order valence-corrected chi connectivity index (χ4v) is 3.26. The highest BCUT2D eigenvalue weighted by Crippen LogP contribution is 2.42. The van der Waals surface area contributed by atoms with Crippen LogP contribution < -0.4 is 9.47 Å². The molecule has 0 fully saturated rings. The van der Waals surface area contributed by atoms with Gasteiger partial charge < -0.3 is 18.9 Å². The normalized spacial score (nSPS) is 16.1. The second-order valence-electron chi connectivity index (χ2n) is 7.10. The van der Waals surface area contributed by atoms with Crippen molar-refractivity contribution in [2.75, 3.05) is 20.3 Å². The van der Waals surface area contributed by atoms with Crippen LogP contribution in [0.2, 0.25) is 0 Å². The number of aryl methyl sites for hydroxylation is 2. The van der Waals surface area contributed by atoms with E-state index in [1.165, 1.54) is 7.11 Å². The van der Waals surface area contributed by atoms with Gasteiger partial charge in [0.15, 0.2) is 0 Å². The Morgan fingerprint density at radius 1 is 1.14 bits per heavy atom. The van der Waals surface area contributed by atoms with E-state index in [0.29, 0.717) is 18.1 Å². The van der Waals surface area contributed by atoms with Crippen molar-refractivity contribution in [1.29, 1.82) is 0 Å². The van der Waals surface area contributed by atoms with Crippen molar-refractivity contribution in [3.63, 3.8) is 0 Å². The van der Waals surface area contributed by atoms with E-state index in [0.717, 1.165) is 22.3 Å². The Labute approximate surface area is 164 Å². The monoisotopic (exact) mass is 384 g/mol. The lowest BCUT2D eigenvalue weighted by Crippen LogP contribution is -2.17. The van der Waals surface area contributed by atoms with Crippen molar-refractivity contribution < 1.29 is 28.5 Å². The van der Waals surface area contributed by atoms with Gasteiger partial charge in [-0.25, -0.2) is 4.79 Å². The first-order chi connectivity index (χ1) is 13.4. The van der Waals surface area contributed by atoms with Gasteiger partial charge in [-0.1, -0.05) is 36.8 Å². The highest BCUT2D eigenvalue weighted by Gasteiger charge is 2.35. The van der Waals surface area contributed by atoms with Gasteiger partial charge in [-0.2, -0.15) is 0 Å². The molecule has 3 rings (SSSR count). The topological polar surface area (TPSA) is 71.1 Å². The zero-order chi connectivity index (χ0) is 20.3. The molecule has 0 aliphatic carbocycles. The maximum atomic E-state index is 12.4. The van der Waals surface area contributed by atoms with E-state index >= 15 is 0 Å². The predicted molar refractivity (Wildman–Crippen MR) is 103 cm³/mol. The first-order valence-corrected chi connectivity index (χ1v) is 9.15. The number of benzene rings is 2. The van der Waals surface area contributed by atoms with Crippen LogP contribution in [-0.4, -0.2) is 32.4 Å². The molecule has 0 saturated heterocycles. The number of hydrogen-bond donors (Lipinski definition) is 0. The Morgan fingerprint density at radius 3 is 2.54 bits per heavy atom. The molecule has 2 aromatic carbocycles. The van der Waals surface area contributed by atoms with Crippen LogP contribution in [0.4, 0.5) is 4.79 Å². The molecule has 0 saturated carbocycles. The number of esters is 1. The van der Waals surface area contributed by atoms with Crippen molar-refractivity contribution in [3.05, 3.63) is 58.7 Å². The Balaban J connectivity index is 1.66. The second-order valence-corrected chi connectivity index (χ2v) is 7.10. The van der Waals surface area contributed by atoms with Gasteiger partial charge in [0.1, 0.15) is 24.0 Å². The molecular formula is C22H24O6. The fourth-order valence-electron chi connectivity index (χ4n) is 3.26. The molecule has 0 bridgehead atoms. The van der Waals surface area contributed by atoms with Crippen LogP contribution in [0.15, 0.2) is 36.4 Å². The summed E-state index contributed by atoms with van der Waals surface area (Å²) in [7, 11) is 1.27. The molecule has 2 unspecified atom stereocenters. The number of carbonyl (C=O) groups is 2. The summed E-state index contributed by atoms with van der Waals surface area (Å²) in [6.07, 6.45) is -0.703. The van der Waals surface area contributed by atoms with Crippen molar-refractivity contribution in [3.8, 4) is 11.5 Å². The van der Waals surface area contributed by atoms with Gasteiger partial charge >= 0.3 is 12.1 Å². The SMILES string of the molecule is COC(=O)OCC(C)COc1ccc(C2C(=O)Oc3c(C)cc(C)cc32)cc1.